The van der Waals surface area contributed by atoms with Crippen LogP contribution in [0.1, 0.15) is 51.3 Å². The van der Waals surface area contributed by atoms with Crippen molar-refractivity contribution < 1.29 is 0 Å². The van der Waals surface area contributed by atoms with Crippen LogP contribution in [0.25, 0.3) is 22.3 Å². The quantitative estimate of drug-likeness (QED) is 0.231. The number of fused-ring (bicyclic) bond motifs is 10. The second-order valence-electron chi connectivity index (χ2n) is 11.6. The van der Waals surface area contributed by atoms with Crippen LogP contribution in [0.4, 0.5) is 0 Å². The Balaban J connectivity index is 1.28. The third-order valence-electron chi connectivity index (χ3n) is 9.39. The minimum absolute atomic E-state index is 0.150. The molecule has 1 heterocycles. The number of nitrogens with one attached hydrogen (secondary N) is 2. The van der Waals surface area contributed by atoms with E-state index in [1.807, 2.05) is 0 Å². The lowest BCUT2D eigenvalue weighted by Gasteiger charge is -2.34. The van der Waals surface area contributed by atoms with Gasteiger partial charge in [0, 0.05) is 5.56 Å². The van der Waals surface area contributed by atoms with Crippen molar-refractivity contribution in [2.75, 3.05) is 0 Å². The van der Waals surface area contributed by atoms with Crippen LogP contribution in [0.3, 0.4) is 0 Å². The molecular formula is C40H29N3. The van der Waals surface area contributed by atoms with Gasteiger partial charge in [0.1, 0.15) is 18.2 Å². The SMILES string of the molecule is c1ccc(C2=NC(c3ccccc3)NC(c3cccc4c3-c3ccccc3C43c4ccccc4-c4ccccc43)N2)cc1. The fourth-order valence-electron chi connectivity index (χ4n) is 7.68. The van der Waals surface area contributed by atoms with Gasteiger partial charge in [-0.05, 0) is 55.6 Å². The molecule has 2 atom stereocenters. The van der Waals surface area contributed by atoms with E-state index in [1.165, 1.54) is 50.1 Å². The molecule has 0 aromatic heterocycles. The second kappa shape index (κ2) is 9.38. The van der Waals surface area contributed by atoms with Crippen LogP contribution in [0.5, 0.6) is 0 Å². The standard InChI is InChI=1S/C40H29N3/c1-3-14-26(15-4-1)37-41-38(27-16-5-2-6-17-27)43-39(42-37)31-21-13-25-35-36(31)30-20-9-12-24-34(30)40(35)32-22-10-7-18-28(32)29-19-8-11-23-33(29)40/h1-25,37,39,42H,(H,41,43). The Morgan fingerprint density at radius 1 is 0.488 bits per heavy atom. The zero-order chi connectivity index (χ0) is 28.4. The molecule has 0 amide bonds. The van der Waals surface area contributed by atoms with Crippen molar-refractivity contribution in [3.05, 3.63) is 191 Å². The van der Waals surface area contributed by atoms with Crippen LogP contribution in [-0.2, 0) is 5.41 Å². The van der Waals surface area contributed by atoms with Crippen LogP contribution in [0, 0.1) is 0 Å². The van der Waals surface area contributed by atoms with E-state index in [1.54, 1.807) is 0 Å². The molecule has 1 aliphatic heterocycles. The average molecular weight is 552 g/mol. The highest BCUT2D eigenvalue weighted by atomic mass is 15.3. The Morgan fingerprint density at radius 2 is 1.02 bits per heavy atom. The zero-order valence-corrected chi connectivity index (χ0v) is 23.5. The van der Waals surface area contributed by atoms with Crippen LogP contribution < -0.4 is 10.6 Å². The van der Waals surface area contributed by atoms with Gasteiger partial charge in [-0.1, -0.05) is 152 Å². The van der Waals surface area contributed by atoms with E-state index >= 15 is 0 Å². The van der Waals surface area contributed by atoms with Gasteiger partial charge in [-0.25, -0.2) is 4.99 Å². The Morgan fingerprint density at radius 3 is 1.70 bits per heavy atom. The molecule has 1 spiro atoms. The topological polar surface area (TPSA) is 36.4 Å². The fraction of sp³-hybridized carbons (Fsp3) is 0.0750. The molecule has 3 heteroatoms. The molecule has 0 radical (unpaired) electrons. The van der Waals surface area contributed by atoms with Gasteiger partial charge in [0.2, 0.25) is 0 Å². The summed E-state index contributed by atoms with van der Waals surface area (Å²) in [7, 11) is 0. The summed E-state index contributed by atoms with van der Waals surface area (Å²) in [6, 6.07) is 54.8. The highest BCUT2D eigenvalue weighted by molar-refractivity contribution is 6.00. The summed E-state index contributed by atoms with van der Waals surface area (Å²) in [6.07, 6.45) is -0.333. The van der Waals surface area contributed by atoms with E-state index in [0.717, 1.165) is 17.0 Å². The molecule has 6 aromatic rings. The summed E-state index contributed by atoms with van der Waals surface area (Å²) in [6.45, 7) is 0. The normalized spacial score (nSPS) is 18.7. The number of rotatable bonds is 3. The van der Waals surface area contributed by atoms with Crippen LogP contribution in [-0.4, -0.2) is 5.84 Å². The molecule has 204 valence electrons. The Hall–Kier alpha value is -5.25. The van der Waals surface area contributed by atoms with Gasteiger partial charge in [-0.2, -0.15) is 0 Å². The Bertz CT molecular complexity index is 2000. The summed E-state index contributed by atoms with van der Waals surface area (Å²) in [5.74, 6) is 0.897. The Kier molecular flexibility index (Phi) is 5.32. The second-order valence-corrected chi connectivity index (χ2v) is 11.6. The monoisotopic (exact) mass is 551 g/mol. The van der Waals surface area contributed by atoms with Crippen molar-refractivity contribution in [2.45, 2.75) is 17.7 Å². The van der Waals surface area contributed by atoms with Gasteiger partial charge in [-0.3, -0.25) is 5.32 Å². The van der Waals surface area contributed by atoms with Gasteiger partial charge in [0.25, 0.3) is 0 Å². The lowest BCUT2D eigenvalue weighted by Crippen LogP contribution is -2.45. The van der Waals surface area contributed by atoms with Crippen LogP contribution >= 0.6 is 0 Å². The smallest absolute Gasteiger partial charge is 0.131 e. The molecule has 0 saturated heterocycles. The predicted octanol–water partition coefficient (Wildman–Crippen LogP) is 8.37. The maximum absolute atomic E-state index is 5.16. The third-order valence-corrected chi connectivity index (χ3v) is 9.39. The first-order valence-corrected chi connectivity index (χ1v) is 15.0. The van der Waals surface area contributed by atoms with Crippen molar-refractivity contribution in [3.63, 3.8) is 0 Å². The number of nitrogens with zero attached hydrogens (tertiary/aromatic N) is 1. The third kappa shape index (κ3) is 3.43. The molecule has 43 heavy (non-hydrogen) atoms. The van der Waals surface area contributed by atoms with Gasteiger partial charge < -0.3 is 5.32 Å². The molecule has 2 N–H and O–H groups in total. The van der Waals surface area contributed by atoms with Crippen molar-refractivity contribution in [2.24, 2.45) is 4.99 Å². The molecule has 0 fully saturated rings. The molecule has 6 aromatic carbocycles. The van der Waals surface area contributed by atoms with E-state index in [9.17, 15) is 0 Å². The minimum Gasteiger partial charge on any atom is -0.350 e. The molecule has 0 saturated carbocycles. The number of hydrogen-bond acceptors (Lipinski definition) is 3. The molecule has 3 aliphatic rings. The van der Waals surface area contributed by atoms with Crippen molar-refractivity contribution >= 4 is 5.84 Å². The predicted molar refractivity (Wildman–Crippen MR) is 174 cm³/mol. The number of benzene rings is 6. The number of aliphatic imine (C=N–C) groups is 1. The minimum atomic E-state index is -0.362. The first-order chi connectivity index (χ1) is 21.3. The molecular weight excluding hydrogens is 522 g/mol. The van der Waals surface area contributed by atoms with E-state index in [0.29, 0.717) is 0 Å². The molecule has 9 rings (SSSR count). The Labute approximate surface area is 251 Å². The van der Waals surface area contributed by atoms with Gasteiger partial charge >= 0.3 is 0 Å². The molecule has 2 unspecified atom stereocenters. The van der Waals surface area contributed by atoms with E-state index in [4.69, 9.17) is 4.99 Å². The summed E-state index contributed by atoms with van der Waals surface area (Å²) in [4.78, 5) is 5.16. The van der Waals surface area contributed by atoms with Gasteiger partial charge in [0.05, 0.1) is 5.41 Å². The van der Waals surface area contributed by atoms with Crippen molar-refractivity contribution in [1.29, 1.82) is 0 Å². The summed E-state index contributed by atoms with van der Waals surface area (Å²) in [5, 5.41) is 7.67. The first kappa shape index (κ1) is 24.4. The van der Waals surface area contributed by atoms with Crippen molar-refractivity contribution in [1.82, 2.24) is 10.6 Å². The molecule has 0 bridgehead atoms. The highest BCUT2D eigenvalue weighted by Crippen LogP contribution is 2.63. The van der Waals surface area contributed by atoms with Crippen LogP contribution in [0.15, 0.2) is 157 Å². The van der Waals surface area contributed by atoms with E-state index in [-0.39, 0.29) is 17.7 Å². The van der Waals surface area contributed by atoms with Crippen molar-refractivity contribution in [3.8, 4) is 22.3 Å². The highest BCUT2D eigenvalue weighted by Gasteiger charge is 2.52. The maximum atomic E-state index is 5.16. The lowest BCUT2D eigenvalue weighted by molar-refractivity contribution is 0.409. The first-order valence-electron chi connectivity index (χ1n) is 15.0. The summed E-state index contributed by atoms with van der Waals surface area (Å²) < 4.78 is 0. The fourth-order valence-corrected chi connectivity index (χ4v) is 7.68. The van der Waals surface area contributed by atoms with Gasteiger partial charge in [0.15, 0.2) is 0 Å². The molecule has 2 aliphatic carbocycles. The number of hydrogen-bond donors (Lipinski definition) is 2. The summed E-state index contributed by atoms with van der Waals surface area (Å²) >= 11 is 0. The maximum Gasteiger partial charge on any atom is 0.131 e. The lowest BCUT2D eigenvalue weighted by atomic mass is 9.70. The van der Waals surface area contributed by atoms with Gasteiger partial charge in [-0.15, -0.1) is 0 Å². The van der Waals surface area contributed by atoms with Crippen LogP contribution in [0.2, 0.25) is 0 Å². The zero-order valence-electron chi connectivity index (χ0n) is 23.5. The van der Waals surface area contributed by atoms with E-state index < -0.39 is 0 Å². The summed E-state index contributed by atoms with van der Waals surface area (Å²) in [5.41, 5.74) is 13.7. The number of amidine groups is 1. The average Bonchev–Trinajstić information content (AvgIpc) is 3.56. The largest absolute Gasteiger partial charge is 0.350 e. The van der Waals surface area contributed by atoms with E-state index in [2.05, 4.69) is 162 Å². The molecule has 3 nitrogen and oxygen atoms in total.